The maximum Gasteiger partial charge on any atom is 0.0687 e. The van der Waals surface area contributed by atoms with Crippen LogP contribution in [0.3, 0.4) is 0 Å². The second kappa shape index (κ2) is 7.14. The summed E-state index contributed by atoms with van der Waals surface area (Å²) in [7, 11) is 0. The SMILES string of the molecule is CCC(NCC(O)C(C)C)c1ccc(Br)cc1. The summed E-state index contributed by atoms with van der Waals surface area (Å²) in [5, 5.41) is 13.2. The zero-order valence-corrected chi connectivity index (χ0v) is 12.4. The van der Waals surface area contributed by atoms with E-state index in [4.69, 9.17) is 0 Å². The van der Waals surface area contributed by atoms with Crippen LogP contribution in [0, 0.1) is 5.92 Å². The zero-order chi connectivity index (χ0) is 12.8. The van der Waals surface area contributed by atoms with Gasteiger partial charge in [0.05, 0.1) is 6.10 Å². The van der Waals surface area contributed by atoms with Crippen molar-refractivity contribution in [2.24, 2.45) is 5.92 Å². The highest BCUT2D eigenvalue weighted by Crippen LogP contribution is 2.19. The van der Waals surface area contributed by atoms with E-state index in [0.29, 0.717) is 18.5 Å². The van der Waals surface area contributed by atoms with Crippen molar-refractivity contribution in [2.45, 2.75) is 39.3 Å². The molecule has 0 aliphatic carbocycles. The van der Waals surface area contributed by atoms with Gasteiger partial charge in [0.1, 0.15) is 0 Å². The molecule has 1 aromatic rings. The fourth-order valence-corrected chi connectivity index (χ4v) is 1.96. The topological polar surface area (TPSA) is 32.3 Å². The van der Waals surface area contributed by atoms with Gasteiger partial charge >= 0.3 is 0 Å². The van der Waals surface area contributed by atoms with Gasteiger partial charge in [0.2, 0.25) is 0 Å². The van der Waals surface area contributed by atoms with Crippen molar-refractivity contribution < 1.29 is 5.11 Å². The molecule has 1 rings (SSSR count). The monoisotopic (exact) mass is 299 g/mol. The fraction of sp³-hybridized carbons (Fsp3) is 0.571. The molecule has 0 aliphatic heterocycles. The molecule has 0 fully saturated rings. The Morgan fingerprint density at radius 3 is 2.29 bits per heavy atom. The molecule has 0 saturated heterocycles. The van der Waals surface area contributed by atoms with Crippen LogP contribution in [0.15, 0.2) is 28.7 Å². The van der Waals surface area contributed by atoms with E-state index in [0.717, 1.165) is 10.9 Å². The first-order valence-electron chi connectivity index (χ1n) is 6.21. The number of hydrogen-bond donors (Lipinski definition) is 2. The molecular weight excluding hydrogens is 278 g/mol. The van der Waals surface area contributed by atoms with Gasteiger partial charge in [-0.05, 0) is 30.0 Å². The van der Waals surface area contributed by atoms with E-state index >= 15 is 0 Å². The number of aliphatic hydroxyl groups excluding tert-OH is 1. The van der Waals surface area contributed by atoms with Gasteiger partial charge in [-0.3, -0.25) is 0 Å². The first-order chi connectivity index (χ1) is 8.04. The third kappa shape index (κ3) is 4.78. The third-order valence-corrected chi connectivity index (χ3v) is 3.55. The Labute approximate surface area is 113 Å². The van der Waals surface area contributed by atoms with Gasteiger partial charge in [-0.25, -0.2) is 0 Å². The standard InChI is InChI=1S/C14H22BrNO/c1-4-13(16-9-14(17)10(2)3)11-5-7-12(15)8-6-11/h5-8,10,13-14,16-17H,4,9H2,1-3H3. The molecular formula is C14H22BrNO. The van der Waals surface area contributed by atoms with Crippen molar-refractivity contribution in [3.63, 3.8) is 0 Å². The lowest BCUT2D eigenvalue weighted by atomic mass is 10.0. The van der Waals surface area contributed by atoms with Crippen LogP contribution in [0.1, 0.15) is 38.8 Å². The van der Waals surface area contributed by atoms with Crippen LogP contribution < -0.4 is 5.32 Å². The van der Waals surface area contributed by atoms with E-state index in [9.17, 15) is 5.11 Å². The number of aliphatic hydroxyl groups is 1. The van der Waals surface area contributed by atoms with Crippen molar-refractivity contribution in [3.8, 4) is 0 Å². The average molecular weight is 300 g/mol. The third-order valence-electron chi connectivity index (χ3n) is 3.02. The smallest absolute Gasteiger partial charge is 0.0687 e. The number of rotatable bonds is 6. The van der Waals surface area contributed by atoms with Crippen molar-refractivity contribution >= 4 is 15.9 Å². The molecule has 2 unspecified atom stereocenters. The molecule has 0 aliphatic rings. The lowest BCUT2D eigenvalue weighted by Gasteiger charge is -2.21. The van der Waals surface area contributed by atoms with Crippen LogP contribution in [0.4, 0.5) is 0 Å². The maximum atomic E-state index is 9.79. The van der Waals surface area contributed by atoms with Crippen molar-refractivity contribution in [1.29, 1.82) is 0 Å². The van der Waals surface area contributed by atoms with Crippen LogP contribution in [-0.4, -0.2) is 17.8 Å². The molecule has 0 bridgehead atoms. The Balaban J connectivity index is 2.57. The molecule has 96 valence electrons. The van der Waals surface area contributed by atoms with Gasteiger partial charge in [-0.15, -0.1) is 0 Å². The number of benzene rings is 1. The minimum absolute atomic E-state index is 0.278. The zero-order valence-electron chi connectivity index (χ0n) is 10.8. The quantitative estimate of drug-likeness (QED) is 0.842. The molecule has 2 atom stereocenters. The Morgan fingerprint density at radius 1 is 1.24 bits per heavy atom. The van der Waals surface area contributed by atoms with E-state index in [1.807, 2.05) is 13.8 Å². The Hall–Kier alpha value is -0.380. The minimum Gasteiger partial charge on any atom is -0.392 e. The second-order valence-corrected chi connectivity index (χ2v) is 5.65. The van der Waals surface area contributed by atoms with E-state index < -0.39 is 0 Å². The Morgan fingerprint density at radius 2 is 1.82 bits per heavy atom. The Kier molecular flexibility index (Phi) is 6.17. The highest BCUT2D eigenvalue weighted by atomic mass is 79.9. The second-order valence-electron chi connectivity index (χ2n) is 4.73. The molecule has 0 radical (unpaired) electrons. The molecule has 3 heteroatoms. The lowest BCUT2D eigenvalue weighted by molar-refractivity contribution is 0.120. The van der Waals surface area contributed by atoms with Gasteiger partial charge in [0.25, 0.3) is 0 Å². The average Bonchev–Trinajstić information content (AvgIpc) is 2.31. The summed E-state index contributed by atoms with van der Waals surface area (Å²) in [4.78, 5) is 0. The predicted molar refractivity (Wildman–Crippen MR) is 76.0 cm³/mol. The van der Waals surface area contributed by atoms with Crippen LogP contribution in [0.2, 0.25) is 0 Å². The van der Waals surface area contributed by atoms with Crippen LogP contribution in [-0.2, 0) is 0 Å². The summed E-state index contributed by atoms with van der Waals surface area (Å²) in [5.74, 6) is 0.296. The van der Waals surface area contributed by atoms with Gasteiger partial charge in [-0.1, -0.05) is 48.8 Å². The van der Waals surface area contributed by atoms with Gasteiger partial charge in [0, 0.05) is 17.1 Å². The normalized spacial score (nSPS) is 14.9. The molecule has 17 heavy (non-hydrogen) atoms. The van der Waals surface area contributed by atoms with E-state index in [1.54, 1.807) is 0 Å². The van der Waals surface area contributed by atoms with E-state index in [2.05, 4.69) is 52.4 Å². The highest BCUT2D eigenvalue weighted by molar-refractivity contribution is 9.10. The number of halogens is 1. The largest absolute Gasteiger partial charge is 0.392 e. The summed E-state index contributed by atoms with van der Waals surface area (Å²) < 4.78 is 1.10. The molecule has 0 amide bonds. The molecule has 0 saturated carbocycles. The molecule has 0 spiro atoms. The minimum atomic E-state index is -0.278. The number of nitrogens with one attached hydrogen (secondary N) is 1. The van der Waals surface area contributed by atoms with Crippen molar-refractivity contribution in [3.05, 3.63) is 34.3 Å². The van der Waals surface area contributed by atoms with Crippen molar-refractivity contribution in [1.82, 2.24) is 5.32 Å². The van der Waals surface area contributed by atoms with Crippen LogP contribution >= 0.6 is 15.9 Å². The van der Waals surface area contributed by atoms with E-state index in [1.165, 1.54) is 5.56 Å². The summed E-state index contributed by atoms with van der Waals surface area (Å²) in [6, 6.07) is 8.66. The predicted octanol–water partition coefficient (Wildman–Crippen LogP) is 3.51. The molecule has 2 N–H and O–H groups in total. The summed E-state index contributed by atoms with van der Waals surface area (Å²) in [6.45, 7) is 6.87. The molecule has 2 nitrogen and oxygen atoms in total. The Bertz CT molecular complexity index is 323. The summed E-state index contributed by atoms with van der Waals surface area (Å²) in [6.07, 6.45) is 0.742. The maximum absolute atomic E-state index is 9.79. The number of hydrogen-bond acceptors (Lipinski definition) is 2. The van der Waals surface area contributed by atoms with Gasteiger partial charge in [-0.2, -0.15) is 0 Å². The molecule has 0 heterocycles. The van der Waals surface area contributed by atoms with Gasteiger partial charge < -0.3 is 10.4 Å². The first-order valence-corrected chi connectivity index (χ1v) is 7.00. The summed E-state index contributed by atoms with van der Waals surface area (Å²) >= 11 is 3.44. The fourth-order valence-electron chi connectivity index (χ4n) is 1.69. The van der Waals surface area contributed by atoms with Crippen LogP contribution in [0.25, 0.3) is 0 Å². The molecule has 0 aromatic heterocycles. The first kappa shape index (κ1) is 14.7. The van der Waals surface area contributed by atoms with Gasteiger partial charge in [0.15, 0.2) is 0 Å². The molecule has 1 aromatic carbocycles. The van der Waals surface area contributed by atoms with Crippen molar-refractivity contribution in [2.75, 3.05) is 6.54 Å². The van der Waals surface area contributed by atoms with Crippen LogP contribution in [0.5, 0.6) is 0 Å². The highest BCUT2D eigenvalue weighted by Gasteiger charge is 2.13. The summed E-state index contributed by atoms with van der Waals surface area (Å²) in [5.41, 5.74) is 1.27. The lowest BCUT2D eigenvalue weighted by Crippen LogP contribution is -2.33. The van der Waals surface area contributed by atoms with E-state index in [-0.39, 0.29) is 6.10 Å².